The van der Waals surface area contributed by atoms with Gasteiger partial charge < -0.3 is 14.8 Å². The van der Waals surface area contributed by atoms with Crippen LogP contribution in [0.5, 0.6) is 0 Å². The van der Waals surface area contributed by atoms with Crippen LogP contribution >= 0.6 is 0 Å². The summed E-state index contributed by atoms with van der Waals surface area (Å²) in [5, 5.41) is 2.50. The molecule has 1 amide bonds. The first-order valence-electron chi connectivity index (χ1n) is 11.9. The maximum absolute atomic E-state index is 11.9. The molecule has 0 radical (unpaired) electrons. The van der Waals surface area contributed by atoms with Crippen molar-refractivity contribution in [2.45, 2.75) is 136 Å². The molecule has 0 aromatic carbocycles. The van der Waals surface area contributed by atoms with Gasteiger partial charge >= 0.3 is 12.1 Å². The van der Waals surface area contributed by atoms with Gasteiger partial charge in [-0.05, 0) is 34.1 Å². The van der Waals surface area contributed by atoms with E-state index in [4.69, 9.17) is 9.47 Å². The van der Waals surface area contributed by atoms with Gasteiger partial charge in [0, 0.05) is 0 Å². The van der Waals surface area contributed by atoms with Crippen LogP contribution in [0.1, 0.15) is 125 Å². The highest BCUT2D eigenvalue weighted by Gasteiger charge is 2.21. The fraction of sp³-hybridized carbons (Fsp3) is 0.917. The van der Waals surface area contributed by atoms with E-state index in [0.717, 1.165) is 12.8 Å². The molecular formula is C24H47NO4. The number of nitrogens with one attached hydrogen (secondary N) is 1. The van der Waals surface area contributed by atoms with Crippen molar-refractivity contribution in [2.75, 3.05) is 6.61 Å². The third-order valence-electron chi connectivity index (χ3n) is 4.83. The molecule has 0 saturated heterocycles. The highest BCUT2D eigenvalue weighted by atomic mass is 16.6. The minimum Gasteiger partial charge on any atom is -0.464 e. The SMILES string of the molecule is CCCCCCCCCCCCCCCCOC(=O)C(C)NC(=O)OC(C)(C)C. The first-order chi connectivity index (χ1) is 13.8. The summed E-state index contributed by atoms with van der Waals surface area (Å²) in [7, 11) is 0. The van der Waals surface area contributed by atoms with Gasteiger partial charge in [-0.25, -0.2) is 9.59 Å². The zero-order valence-electron chi connectivity index (χ0n) is 19.8. The van der Waals surface area contributed by atoms with Crippen molar-refractivity contribution in [2.24, 2.45) is 0 Å². The minimum atomic E-state index is -0.698. The Morgan fingerprint density at radius 2 is 1.17 bits per heavy atom. The molecule has 5 nitrogen and oxygen atoms in total. The highest BCUT2D eigenvalue weighted by Crippen LogP contribution is 2.13. The third-order valence-corrected chi connectivity index (χ3v) is 4.83. The Hall–Kier alpha value is -1.26. The van der Waals surface area contributed by atoms with E-state index in [1.165, 1.54) is 77.0 Å². The van der Waals surface area contributed by atoms with Crippen LogP contribution in [0.15, 0.2) is 0 Å². The number of esters is 1. The standard InChI is InChI=1S/C24H47NO4/c1-6-7-8-9-10-11-12-13-14-15-16-17-18-19-20-28-22(26)21(2)25-23(27)29-24(3,4)5/h21H,6-20H2,1-5H3,(H,25,27). The molecule has 0 aromatic heterocycles. The van der Waals surface area contributed by atoms with Gasteiger partial charge in [-0.1, -0.05) is 90.4 Å². The lowest BCUT2D eigenvalue weighted by Gasteiger charge is -2.21. The average Bonchev–Trinajstić information content (AvgIpc) is 2.63. The number of alkyl carbamates (subject to hydrolysis) is 1. The van der Waals surface area contributed by atoms with Crippen LogP contribution < -0.4 is 5.32 Å². The van der Waals surface area contributed by atoms with E-state index in [-0.39, 0.29) is 0 Å². The first kappa shape index (κ1) is 27.7. The van der Waals surface area contributed by atoms with Gasteiger partial charge in [0.15, 0.2) is 0 Å². The van der Waals surface area contributed by atoms with Gasteiger partial charge in [0.25, 0.3) is 0 Å². The van der Waals surface area contributed by atoms with E-state index in [1.54, 1.807) is 27.7 Å². The molecule has 0 aliphatic heterocycles. The second kappa shape index (κ2) is 17.6. The third kappa shape index (κ3) is 19.8. The van der Waals surface area contributed by atoms with Crippen LogP contribution in [0.25, 0.3) is 0 Å². The molecular weight excluding hydrogens is 366 g/mol. The number of carbonyl (C=O) groups is 2. The Kier molecular flexibility index (Phi) is 16.8. The van der Waals surface area contributed by atoms with Crippen LogP contribution in [0.3, 0.4) is 0 Å². The number of carbonyl (C=O) groups excluding carboxylic acids is 2. The number of hydrogen-bond donors (Lipinski definition) is 1. The first-order valence-corrected chi connectivity index (χ1v) is 11.9. The van der Waals surface area contributed by atoms with E-state index >= 15 is 0 Å². The summed E-state index contributed by atoms with van der Waals surface area (Å²) in [5.41, 5.74) is -0.581. The molecule has 0 rings (SSSR count). The lowest BCUT2D eigenvalue weighted by atomic mass is 10.0. The highest BCUT2D eigenvalue weighted by molar-refractivity contribution is 5.80. The molecule has 1 unspecified atom stereocenters. The van der Waals surface area contributed by atoms with Crippen LogP contribution in [-0.4, -0.2) is 30.3 Å². The Labute approximate surface area is 179 Å². The molecule has 0 fully saturated rings. The summed E-state index contributed by atoms with van der Waals surface area (Å²) in [4.78, 5) is 23.5. The monoisotopic (exact) mass is 413 g/mol. The van der Waals surface area contributed by atoms with Gasteiger partial charge in [-0.15, -0.1) is 0 Å². The van der Waals surface area contributed by atoms with E-state index < -0.39 is 23.7 Å². The van der Waals surface area contributed by atoms with Crippen molar-refractivity contribution in [3.05, 3.63) is 0 Å². The lowest BCUT2D eigenvalue weighted by Crippen LogP contribution is -2.42. The zero-order chi connectivity index (χ0) is 22.0. The van der Waals surface area contributed by atoms with Crippen LogP contribution in [0.2, 0.25) is 0 Å². The summed E-state index contributed by atoms with van der Waals surface area (Å²) in [6.07, 6.45) is 17.6. The second-order valence-electron chi connectivity index (χ2n) is 9.13. The summed E-state index contributed by atoms with van der Waals surface area (Å²) < 4.78 is 10.4. The van der Waals surface area contributed by atoms with E-state index in [1.807, 2.05) is 0 Å². The van der Waals surface area contributed by atoms with Crippen molar-refractivity contribution in [3.8, 4) is 0 Å². The maximum atomic E-state index is 11.9. The van der Waals surface area contributed by atoms with Crippen molar-refractivity contribution in [3.63, 3.8) is 0 Å². The molecule has 0 aliphatic carbocycles. The van der Waals surface area contributed by atoms with Crippen LogP contribution in [0.4, 0.5) is 4.79 Å². The van der Waals surface area contributed by atoms with Crippen molar-refractivity contribution < 1.29 is 19.1 Å². The summed E-state index contributed by atoms with van der Waals surface area (Å²) >= 11 is 0. The van der Waals surface area contributed by atoms with Gasteiger partial charge in [-0.3, -0.25) is 0 Å². The molecule has 0 aromatic rings. The predicted molar refractivity (Wildman–Crippen MR) is 120 cm³/mol. The Balaban J connectivity index is 3.43. The Morgan fingerprint density at radius 3 is 1.59 bits per heavy atom. The van der Waals surface area contributed by atoms with Gasteiger partial charge in [0.2, 0.25) is 0 Å². The van der Waals surface area contributed by atoms with Crippen LogP contribution in [-0.2, 0) is 14.3 Å². The molecule has 1 N–H and O–H groups in total. The minimum absolute atomic E-state index is 0.412. The molecule has 1 atom stereocenters. The summed E-state index contributed by atoms with van der Waals surface area (Å²) in [6, 6.07) is -0.698. The Bertz CT molecular complexity index is 418. The molecule has 0 bridgehead atoms. The van der Waals surface area contributed by atoms with Crippen molar-refractivity contribution in [1.82, 2.24) is 5.32 Å². The van der Waals surface area contributed by atoms with E-state index in [2.05, 4.69) is 12.2 Å². The number of unbranched alkanes of at least 4 members (excludes halogenated alkanes) is 13. The molecule has 29 heavy (non-hydrogen) atoms. The fourth-order valence-corrected chi connectivity index (χ4v) is 3.14. The number of ether oxygens (including phenoxy) is 2. The quantitative estimate of drug-likeness (QED) is 0.207. The zero-order valence-corrected chi connectivity index (χ0v) is 19.8. The summed E-state index contributed by atoms with van der Waals surface area (Å²) in [5.74, 6) is -0.412. The second-order valence-corrected chi connectivity index (χ2v) is 9.13. The number of amides is 1. The van der Waals surface area contributed by atoms with Crippen molar-refractivity contribution in [1.29, 1.82) is 0 Å². The molecule has 0 aliphatic rings. The number of rotatable bonds is 17. The molecule has 5 heteroatoms. The molecule has 0 heterocycles. The summed E-state index contributed by atoms with van der Waals surface area (Å²) in [6.45, 7) is 9.63. The van der Waals surface area contributed by atoms with Crippen molar-refractivity contribution >= 4 is 12.1 Å². The molecule has 172 valence electrons. The molecule has 0 spiro atoms. The topological polar surface area (TPSA) is 64.6 Å². The number of hydrogen-bond acceptors (Lipinski definition) is 4. The van der Waals surface area contributed by atoms with E-state index in [0.29, 0.717) is 6.61 Å². The Morgan fingerprint density at radius 1 is 0.759 bits per heavy atom. The normalized spacial score (nSPS) is 12.4. The largest absolute Gasteiger partial charge is 0.464 e. The van der Waals surface area contributed by atoms with Gasteiger partial charge in [-0.2, -0.15) is 0 Å². The fourth-order valence-electron chi connectivity index (χ4n) is 3.14. The predicted octanol–water partition coefficient (Wildman–Crippen LogP) is 6.92. The molecule has 0 saturated carbocycles. The maximum Gasteiger partial charge on any atom is 0.408 e. The smallest absolute Gasteiger partial charge is 0.408 e. The average molecular weight is 414 g/mol. The van der Waals surface area contributed by atoms with Crippen LogP contribution in [0, 0.1) is 0 Å². The van der Waals surface area contributed by atoms with Gasteiger partial charge in [0.1, 0.15) is 11.6 Å². The van der Waals surface area contributed by atoms with E-state index in [9.17, 15) is 9.59 Å². The van der Waals surface area contributed by atoms with Gasteiger partial charge in [0.05, 0.1) is 6.61 Å². The lowest BCUT2D eigenvalue weighted by molar-refractivity contribution is -0.145.